The highest BCUT2D eigenvalue weighted by Gasteiger charge is 2.32. The van der Waals surface area contributed by atoms with Crippen molar-refractivity contribution in [3.63, 3.8) is 0 Å². The number of aromatic amines is 1. The number of hydrogen-bond donors (Lipinski definition) is 1. The summed E-state index contributed by atoms with van der Waals surface area (Å²) in [6.45, 7) is 2.41. The van der Waals surface area contributed by atoms with Crippen molar-refractivity contribution in [1.29, 1.82) is 0 Å². The van der Waals surface area contributed by atoms with E-state index in [-0.39, 0.29) is 17.1 Å². The van der Waals surface area contributed by atoms with Crippen molar-refractivity contribution in [1.82, 2.24) is 15.2 Å². The first-order chi connectivity index (χ1) is 10.5. The fourth-order valence-corrected chi connectivity index (χ4v) is 2.15. The number of benzene rings is 1. The van der Waals surface area contributed by atoms with Crippen molar-refractivity contribution in [2.24, 2.45) is 0 Å². The Morgan fingerprint density at radius 1 is 1.18 bits per heavy atom. The molecule has 1 fully saturated rings. The second-order valence-corrected chi connectivity index (χ2v) is 4.63. The number of hydrogen-bond acceptors (Lipinski definition) is 5. The number of nitrogens with one attached hydrogen (secondary N) is 1. The normalized spacial score (nSPS) is 15.9. The third-order valence-electron chi connectivity index (χ3n) is 3.14. The molecule has 0 atom stereocenters. The molecule has 0 unspecified atom stereocenters. The third kappa shape index (κ3) is 3.30. The number of halogens is 3. The Morgan fingerprint density at radius 2 is 1.91 bits per heavy atom. The van der Waals surface area contributed by atoms with Crippen LogP contribution in [0.1, 0.15) is 0 Å². The Kier molecular flexibility index (Phi) is 3.88. The molecule has 0 amide bonds. The first kappa shape index (κ1) is 14.6. The van der Waals surface area contributed by atoms with Gasteiger partial charge in [-0.05, 0) is 12.1 Å². The summed E-state index contributed by atoms with van der Waals surface area (Å²) in [6, 6.07) is 5.80. The van der Waals surface area contributed by atoms with Gasteiger partial charge in [0.05, 0.1) is 18.8 Å². The molecule has 1 aromatic heterocycles. The van der Waals surface area contributed by atoms with E-state index in [1.807, 2.05) is 4.90 Å². The van der Waals surface area contributed by atoms with Gasteiger partial charge in [-0.3, -0.25) is 5.10 Å². The zero-order chi connectivity index (χ0) is 15.6. The van der Waals surface area contributed by atoms with E-state index < -0.39 is 6.36 Å². The number of H-pyrrole nitrogens is 1. The van der Waals surface area contributed by atoms with Crippen molar-refractivity contribution in [3.05, 3.63) is 24.3 Å². The van der Waals surface area contributed by atoms with E-state index in [0.717, 1.165) is 0 Å². The monoisotopic (exact) mass is 314 g/mol. The van der Waals surface area contributed by atoms with Gasteiger partial charge in [-0.1, -0.05) is 12.1 Å². The number of para-hydroxylation sites is 1. The molecular weight excluding hydrogens is 301 g/mol. The summed E-state index contributed by atoms with van der Waals surface area (Å²) in [5.74, 6) is 0.334. The number of ether oxygens (including phenoxy) is 2. The van der Waals surface area contributed by atoms with Crippen LogP contribution in [0.2, 0.25) is 0 Å². The van der Waals surface area contributed by atoms with Gasteiger partial charge in [0.15, 0.2) is 5.82 Å². The summed E-state index contributed by atoms with van der Waals surface area (Å²) in [6.07, 6.45) is -4.76. The first-order valence-electron chi connectivity index (χ1n) is 6.63. The summed E-state index contributed by atoms with van der Waals surface area (Å²) in [7, 11) is 0. The quantitative estimate of drug-likeness (QED) is 0.941. The lowest BCUT2D eigenvalue weighted by atomic mass is 10.2. The fourth-order valence-electron chi connectivity index (χ4n) is 2.15. The molecule has 0 aliphatic carbocycles. The van der Waals surface area contributed by atoms with Crippen LogP contribution in [0.4, 0.5) is 19.1 Å². The van der Waals surface area contributed by atoms with Crippen molar-refractivity contribution in [2.45, 2.75) is 6.36 Å². The molecule has 0 spiro atoms. The van der Waals surface area contributed by atoms with Gasteiger partial charge in [-0.15, -0.1) is 18.3 Å². The largest absolute Gasteiger partial charge is 0.573 e. The van der Waals surface area contributed by atoms with Gasteiger partial charge < -0.3 is 14.4 Å². The molecule has 1 saturated heterocycles. The Labute approximate surface area is 123 Å². The van der Waals surface area contributed by atoms with Gasteiger partial charge in [0.2, 0.25) is 5.95 Å². The van der Waals surface area contributed by atoms with E-state index in [4.69, 9.17) is 4.74 Å². The molecule has 0 bridgehead atoms. The molecule has 1 aliphatic heterocycles. The van der Waals surface area contributed by atoms with E-state index >= 15 is 0 Å². The van der Waals surface area contributed by atoms with E-state index in [9.17, 15) is 13.2 Å². The number of morpholine rings is 1. The topological polar surface area (TPSA) is 63.3 Å². The molecule has 1 aliphatic rings. The molecule has 1 N–H and O–H groups in total. The summed E-state index contributed by atoms with van der Waals surface area (Å²) >= 11 is 0. The standard InChI is InChI=1S/C13H13F3N4O2/c14-13(15,16)22-10-4-2-1-3-9(10)11-17-12(19-18-11)20-5-7-21-8-6-20/h1-4H,5-8H2,(H,17,18,19). The molecule has 3 rings (SSSR count). The van der Waals surface area contributed by atoms with E-state index in [2.05, 4.69) is 19.9 Å². The predicted octanol–water partition coefficient (Wildman–Crippen LogP) is 2.21. The molecule has 0 saturated carbocycles. The van der Waals surface area contributed by atoms with Crippen LogP contribution in [0.25, 0.3) is 11.4 Å². The van der Waals surface area contributed by atoms with E-state index in [1.54, 1.807) is 6.07 Å². The van der Waals surface area contributed by atoms with Gasteiger partial charge in [-0.2, -0.15) is 4.98 Å². The van der Waals surface area contributed by atoms with Crippen LogP contribution in [-0.2, 0) is 4.74 Å². The highest BCUT2D eigenvalue weighted by atomic mass is 19.4. The third-order valence-corrected chi connectivity index (χ3v) is 3.14. The minimum Gasteiger partial charge on any atom is -0.405 e. The Hall–Kier alpha value is -2.29. The number of aromatic nitrogens is 3. The highest BCUT2D eigenvalue weighted by molar-refractivity contribution is 5.64. The number of rotatable bonds is 3. The van der Waals surface area contributed by atoms with Gasteiger partial charge >= 0.3 is 6.36 Å². The second kappa shape index (κ2) is 5.84. The minimum absolute atomic E-state index is 0.201. The molecule has 22 heavy (non-hydrogen) atoms. The SMILES string of the molecule is FC(F)(F)Oc1ccccc1-c1nc(N2CCOCC2)n[nH]1. The lowest BCUT2D eigenvalue weighted by Gasteiger charge is -2.25. The van der Waals surface area contributed by atoms with Crippen molar-refractivity contribution < 1.29 is 22.6 Å². The Morgan fingerprint density at radius 3 is 2.64 bits per heavy atom. The van der Waals surface area contributed by atoms with E-state index in [1.165, 1.54) is 18.2 Å². The lowest BCUT2D eigenvalue weighted by Crippen LogP contribution is -2.36. The summed E-state index contributed by atoms with van der Waals surface area (Å²) < 4.78 is 46.6. The molecule has 9 heteroatoms. The Balaban J connectivity index is 1.87. The van der Waals surface area contributed by atoms with Crippen molar-refractivity contribution >= 4 is 5.95 Å². The molecule has 1 aromatic carbocycles. The fraction of sp³-hybridized carbons (Fsp3) is 0.385. The molecular formula is C13H13F3N4O2. The molecule has 118 valence electrons. The molecule has 6 nitrogen and oxygen atoms in total. The van der Waals surface area contributed by atoms with E-state index in [0.29, 0.717) is 32.3 Å². The summed E-state index contributed by atoms with van der Waals surface area (Å²) in [5, 5.41) is 6.71. The van der Waals surface area contributed by atoms with Crippen LogP contribution in [0.15, 0.2) is 24.3 Å². The number of alkyl halides is 3. The Bertz CT molecular complexity index is 638. The number of nitrogens with zero attached hydrogens (tertiary/aromatic N) is 3. The van der Waals surface area contributed by atoms with Crippen LogP contribution >= 0.6 is 0 Å². The highest BCUT2D eigenvalue weighted by Crippen LogP contribution is 2.32. The average molecular weight is 314 g/mol. The zero-order valence-electron chi connectivity index (χ0n) is 11.4. The number of anilines is 1. The smallest absolute Gasteiger partial charge is 0.405 e. The van der Waals surface area contributed by atoms with Gasteiger partial charge in [0.25, 0.3) is 0 Å². The lowest BCUT2D eigenvalue weighted by molar-refractivity contribution is -0.274. The van der Waals surface area contributed by atoms with Gasteiger partial charge in [0.1, 0.15) is 5.75 Å². The van der Waals surface area contributed by atoms with Crippen LogP contribution < -0.4 is 9.64 Å². The minimum atomic E-state index is -4.76. The first-order valence-corrected chi connectivity index (χ1v) is 6.63. The van der Waals surface area contributed by atoms with Crippen LogP contribution in [0, 0.1) is 0 Å². The predicted molar refractivity (Wildman–Crippen MR) is 71.5 cm³/mol. The zero-order valence-corrected chi connectivity index (χ0v) is 11.4. The second-order valence-electron chi connectivity index (χ2n) is 4.63. The van der Waals surface area contributed by atoms with Crippen molar-refractivity contribution in [3.8, 4) is 17.1 Å². The van der Waals surface area contributed by atoms with Crippen LogP contribution in [-0.4, -0.2) is 47.8 Å². The molecule has 0 radical (unpaired) electrons. The summed E-state index contributed by atoms with van der Waals surface area (Å²) in [5.41, 5.74) is 0.201. The maximum atomic E-state index is 12.4. The van der Waals surface area contributed by atoms with Gasteiger partial charge in [0, 0.05) is 13.1 Å². The maximum Gasteiger partial charge on any atom is 0.573 e. The van der Waals surface area contributed by atoms with Gasteiger partial charge in [-0.25, -0.2) is 0 Å². The average Bonchev–Trinajstić information content (AvgIpc) is 2.97. The van der Waals surface area contributed by atoms with Crippen molar-refractivity contribution in [2.75, 3.05) is 31.2 Å². The van der Waals surface area contributed by atoms with Crippen LogP contribution in [0.5, 0.6) is 5.75 Å². The molecule has 2 aromatic rings. The summed E-state index contributed by atoms with van der Waals surface area (Å²) in [4.78, 5) is 6.15. The maximum absolute atomic E-state index is 12.4. The molecule has 2 heterocycles. The van der Waals surface area contributed by atoms with Crippen LogP contribution in [0.3, 0.4) is 0 Å².